The first-order chi connectivity index (χ1) is 19.4. The first-order valence-corrected chi connectivity index (χ1v) is 13.3. The number of benzene rings is 1. The average molecular weight is 591 g/mol. The molecule has 1 aromatic heterocycles. The number of carbonyl (C=O) groups is 3. The Bertz CT molecular complexity index is 1440. The summed E-state index contributed by atoms with van der Waals surface area (Å²) in [6, 6.07) is 4.97. The molecule has 1 saturated carbocycles. The van der Waals surface area contributed by atoms with Crippen LogP contribution in [0.5, 0.6) is 0 Å². The number of nitrogens with two attached hydrogens (primary N) is 1. The number of nitrogens with one attached hydrogen (secondary N) is 2. The molecule has 1 aromatic carbocycles. The number of hydrogen-bond acceptors (Lipinski definition) is 4. The van der Waals surface area contributed by atoms with Crippen molar-refractivity contribution < 1.29 is 37.1 Å². The van der Waals surface area contributed by atoms with E-state index in [1.807, 2.05) is 19.9 Å². The summed E-state index contributed by atoms with van der Waals surface area (Å²) in [5.74, 6) is -1.48. The van der Waals surface area contributed by atoms with Crippen LogP contribution in [0.25, 0.3) is 11.6 Å². The monoisotopic (exact) mass is 590 g/mol. The van der Waals surface area contributed by atoms with Gasteiger partial charge in [0.05, 0.1) is 22.4 Å². The van der Waals surface area contributed by atoms with Crippen LogP contribution in [-0.2, 0) is 9.59 Å². The van der Waals surface area contributed by atoms with E-state index in [9.17, 15) is 22.8 Å². The van der Waals surface area contributed by atoms with Gasteiger partial charge in [0, 0.05) is 29.5 Å². The van der Waals surface area contributed by atoms with Crippen molar-refractivity contribution in [3.8, 4) is 12.3 Å². The number of carbonyl (C=O) groups excluding carboxylic acids is 2. The largest absolute Gasteiger partial charge is 0.490 e. The van der Waals surface area contributed by atoms with E-state index < -0.39 is 29.4 Å². The number of H-pyrrole nitrogens is 1. The quantitative estimate of drug-likeness (QED) is 0.223. The number of aromatic amines is 1. The molecule has 0 unspecified atom stereocenters. The Balaban J connectivity index is 0.000000616. The number of carboxylic acid groups (broad SMARTS) is 1. The molecule has 8 nitrogen and oxygen atoms in total. The molecule has 2 amide bonds. The minimum atomic E-state index is -5.08. The molecule has 0 spiro atoms. The lowest BCUT2D eigenvalue weighted by Crippen LogP contribution is -2.42. The molecule has 0 saturated heterocycles. The molecule has 4 rings (SSSR count). The zero-order valence-electron chi connectivity index (χ0n) is 23.8. The van der Waals surface area contributed by atoms with Crippen molar-refractivity contribution in [2.75, 3.05) is 11.4 Å². The molecule has 1 fully saturated rings. The van der Waals surface area contributed by atoms with Crippen LogP contribution in [0.1, 0.15) is 72.4 Å². The van der Waals surface area contributed by atoms with Crippen LogP contribution >= 0.6 is 0 Å². The molecule has 0 radical (unpaired) electrons. The molecular formula is C30H34F4N4O4. The normalized spacial score (nSPS) is 19.6. The van der Waals surface area contributed by atoms with E-state index >= 15 is 4.39 Å². The number of rotatable bonds is 5. The summed E-state index contributed by atoms with van der Waals surface area (Å²) in [6.45, 7) is 7.74. The third-order valence-corrected chi connectivity index (χ3v) is 7.23. The summed E-state index contributed by atoms with van der Waals surface area (Å²) in [4.78, 5) is 40.4. The molecular weight excluding hydrogens is 556 g/mol. The molecule has 5 N–H and O–H groups in total. The minimum absolute atomic E-state index is 0.135. The number of aliphatic carboxylic acids is 1. The van der Waals surface area contributed by atoms with Gasteiger partial charge in [-0.05, 0) is 89.1 Å². The fourth-order valence-electron chi connectivity index (χ4n) is 4.93. The van der Waals surface area contributed by atoms with Gasteiger partial charge in [0.15, 0.2) is 0 Å². The van der Waals surface area contributed by atoms with Gasteiger partial charge in [-0.15, -0.1) is 6.42 Å². The minimum Gasteiger partial charge on any atom is -0.475 e. The van der Waals surface area contributed by atoms with Crippen molar-refractivity contribution in [1.82, 2.24) is 10.3 Å². The van der Waals surface area contributed by atoms with Crippen LogP contribution in [0.2, 0.25) is 0 Å². The zero-order valence-corrected chi connectivity index (χ0v) is 23.8. The van der Waals surface area contributed by atoms with Gasteiger partial charge >= 0.3 is 12.1 Å². The number of nitrogens with zero attached hydrogens (tertiary/aromatic N) is 1. The van der Waals surface area contributed by atoms with Crippen LogP contribution in [0.15, 0.2) is 18.2 Å². The van der Waals surface area contributed by atoms with E-state index in [0.29, 0.717) is 29.3 Å². The van der Waals surface area contributed by atoms with E-state index in [2.05, 4.69) is 16.2 Å². The third kappa shape index (κ3) is 7.59. The number of aryl methyl sites for hydroxylation is 2. The maximum atomic E-state index is 15.2. The number of aromatic nitrogens is 1. The van der Waals surface area contributed by atoms with Crippen LogP contribution in [0.3, 0.4) is 0 Å². The van der Waals surface area contributed by atoms with Gasteiger partial charge in [0.25, 0.3) is 11.8 Å². The molecule has 1 aliphatic heterocycles. The number of fused-ring (bicyclic) bond motifs is 1. The van der Waals surface area contributed by atoms with Crippen molar-refractivity contribution in [2.24, 2.45) is 11.7 Å². The van der Waals surface area contributed by atoms with Gasteiger partial charge < -0.3 is 26.0 Å². The summed E-state index contributed by atoms with van der Waals surface area (Å²) in [5, 5.41) is 9.80. The molecule has 12 heteroatoms. The standard InChI is InChI=1S/C28H33FN4O2.C2HF3O2/c1-6-28(4,5)32-26(34)22-14-25-20(12-23(22)29)21(13-24-16(2)11-17(3)31-24)27(35)33(25)15-18-7-9-19(30)10-8-18;3-2(4,5)1(6)7/h1,11-14,18-19,31H,7-10,15,30H2,2-5H3,(H,32,34);(H,6,7)/b21-13-;. The first kappa shape index (κ1) is 32.4. The van der Waals surface area contributed by atoms with Gasteiger partial charge in [0.1, 0.15) is 5.82 Å². The molecule has 2 heterocycles. The zero-order chi connectivity index (χ0) is 31.6. The number of amides is 2. The van der Waals surface area contributed by atoms with Crippen molar-refractivity contribution in [3.05, 3.63) is 52.1 Å². The summed E-state index contributed by atoms with van der Waals surface area (Å²) < 4.78 is 47.0. The summed E-state index contributed by atoms with van der Waals surface area (Å²) in [6.07, 6.45) is 5.88. The number of halogens is 4. The highest BCUT2D eigenvalue weighted by Crippen LogP contribution is 2.41. The highest BCUT2D eigenvalue weighted by atomic mass is 19.4. The number of carboxylic acids is 1. The van der Waals surface area contributed by atoms with E-state index in [-0.39, 0.29) is 17.5 Å². The fraction of sp³-hybridized carbons (Fsp3) is 0.433. The van der Waals surface area contributed by atoms with Crippen LogP contribution in [-0.4, -0.2) is 52.2 Å². The Hall–Kier alpha value is -4.11. The lowest BCUT2D eigenvalue weighted by molar-refractivity contribution is -0.192. The predicted molar refractivity (Wildman–Crippen MR) is 151 cm³/mol. The highest BCUT2D eigenvalue weighted by Gasteiger charge is 2.38. The van der Waals surface area contributed by atoms with E-state index in [4.69, 9.17) is 22.1 Å². The SMILES string of the molecule is C#CC(C)(C)NC(=O)c1cc2c(cc1F)/C(=C/c1[nH]c(C)cc1C)C(=O)N2CC1CCC(N)CC1.O=C(O)C(F)(F)F. The van der Waals surface area contributed by atoms with E-state index in [0.717, 1.165) is 42.6 Å². The van der Waals surface area contributed by atoms with Crippen LogP contribution in [0.4, 0.5) is 23.2 Å². The van der Waals surface area contributed by atoms with Crippen molar-refractivity contribution in [1.29, 1.82) is 0 Å². The Labute approximate surface area is 241 Å². The maximum absolute atomic E-state index is 15.2. The van der Waals surface area contributed by atoms with E-state index in [1.54, 1.807) is 24.8 Å². The topological polar surface area (TPSA) is 129 Å². The first-order valence-electron chi connectivity index (χ1n) is 13.3. The second-order valence-electron chi connectivity index (χ2n) is 11.2. The smallest absolute Gasteiger partial charge is 0.475 e. The summed E-state index contributed by atoms with van der Waals surface area (Å²) in [5.41, 5.74) is 9.22. The predicted octanol–water partition coefficient (Wildman–Crippen LogP) is 4.95. The van der Waals surface area contributed by atoms with Crippen molar-refractivity contribution >= 4 is 35.1 Å². The molecule has 0 atom stereocenters. The van der Waals surface area contributed by atoms with Crippen molar-refractivity contribution in [3.63, 3.8) is 0 Å². The fourth-order valence-corrected chi connectivity index (χ4v) is 4.93. The van der Waals surface area contributed by atoms with Crippen LogP contribution < -0.4 is 16.0 Å². The lowest BCUT2D eigenvalue weighted by Gasteiger charge is -2.30. The second-order valence-corrected chi connectivity index (χ2v) is 11.2. The lowest BCUT2D eigenvalue weighted by atomic mass is 9.86. The third-order valence-electron chi connectivity index (χ3n) is 7.23. The molecule has 2 aliphatic rings. The maximum Gasteiger partial charge on any atom is 0.490 e. The number of terminal acetylenes is 1. The second kappa shape index (κ2) is 12.4. The summed E-state index contributed by atoms with van der Waals surface area (Å²) >= 11 is 0. The number of anilines is 1. The number of alkyl halides is 3. The summed E-state index contributed by atoms with van der Waals surface area (Å²) in [7, 11) is 0. The van der Waals surface area contributed by atoms with Gasteiger partial charge in [-0.25, -0.2) is 9.18 Å². The van der Waals surface area contributed by atoms with Gasteiger partial charge in [-0.1, -0.05) is 5.92 Å². The van der Waals surface area contributed by atoms with Gasteiger partial charge in [-0.3, -0.25) is 9.59 Å². The van der Waals surface area contributed by atoms with Gasteiger partial charge in [0.2, 0.25) is 0 Å². The average Bonchev–Trinajstić information content (AvgIpc) is 3.34. The molecule has 1 aliphatic carbocycles. The Morgan fingerprint density at radius 3 is 2.29 bits per heavy atom. The van der Waals surface area contributed by atoms with Crippen molar-refractivity contribution in [2.45, 2.75) is 71.1 Å². The van der Waals surface area contributed by atoms with Crippen LogP contribution in [0, 0.1) is 37.9 Å². The highest BCUT2D eigenvalue weighted by molar-refractivity contribution is 6.36. The molecule has 0 bridgehead atoms. The molecule has 42 heavy (non-hydrogen) atoms. The Kier molecular flexibility index (Phi) is 9.57. The van der Waals surface area contributed by atoms with Gasteiger partial charge in [-0.2, -0.15) is 13.2 Å². The Morgan fingerprint density at radius 1 is 1.19 bits per heavy atom. The number of hydrogen-bond donors (Lipinski definition) is 4. The molecule has 2 aromatic rings. The Morgan fingerprint density at radius 2 is 1.79 bits per heavy atom. The van der Waals surface area contributed by atoms with E-state index in [1.165, 1.54) is 12.1 Å². The molecule has 226 valence electrons.